The zero-order chi connectivity index (χ0) is 14.0. The van der Waals surface area contributed by atoms with Crippen molar-refractivity contribution < 1.29 is 19.8 Å². The quantitative estimate of drug-likeness (QED) is 0.783. The molecule has 19 heavy (non-hydrogen) atoms. The largest absolute Gasteiger partial charge is 0.481 e. The van der Waals surface area contributed by atoms with Crippen LogP contribution in [0.15, 0.2) is 0 Å². The summed E-state index contributed by atoms with van der Waals surface area (Å²) in [7, 11) is 0. The highest BCUT2D eigenvalue weighted by atomic mass is 16.4. The fourth-order valence-electron chi connectivity index (χ4n) is 3.33. The Labute approximate surface area is 113 Å². The smallest absolute Gasteiger partial charge is 0.307 e. The molecule has 2 N–H and O–H groups in total. The fraction of sp³-hybridized carbons (Fsp3) is 0.857. The van der Waals surface area contributed by atoms with E-state index >= 15 is 0 Å². The number of carboxylic acids is 1. The number of carbonyl (C=O) groups is 2. The van der Waals surface area contributed by atoms with Crippen molar-refractivity contribution in [3.8, 4) is 0 Å². The average Bonchev–Trinajstić information content (AvgIpc) is 2.67. The van der Waals surface area contributed by atoms with E-state index < -0.39 is 17.8 Å². The van der Waals surface area contributed by atoms with Crippen LogP contribution >= 0.6 is 0 Å². The standard InChI is InChI=1S/C14H23NO4/c1-9-7-11(12(8-9)14(18)19)13(17)15(5-6-16)10-3-2-4-10/h9-12,16H,2-8H2,1H3,(H,18,19)/t9?,11-,12+/m0/s1. The second-order valence-electron chi connectivity index (χ2n) is 5.97. The Hall–Kier alpha value is -1.10. The molecule has 0 saturated heterocycles. The molecule has 1 unspecified atom stereocenters. The van der Waals surface area contributed by atoms with Crippen molar-refractivity contribution in [2.45, 2.75) is 45.1 Å². The van der Waals surface area contributed by atoms with Crippen LogP contribution in [-0.2, 0) is 9.59 Å². The number of aliphatic carboxylic acids is 1. The summed E-state index contributed by atoms with van der Waals surface area (Å²) in [5.41, 5.74) is 0. The first-order chi connectivity index (χ1) is 9.04. The highest BCUT2D eigenvalue weighted by Gasteiger charge is 2.44. The number of hydrogen-bond acceptors (Lipinski definition) is 3. The van der Waals surface area contributed by atoms with Gasteiger partial charge >= 0.3 is 5.97 Å². The Bertz CT molecular complexity index is 353. The van der Waals surface area contributed by atoms with Crippen LogP contribution in [0.4, 0.5) is 0 Å². The average molecular weight is 269 g/mol. The molecule has 5 nitrogen and oxygen atoms in total. The molecule has 0 heterocycles. The molecular formula is C14H23NO4. The molecule has 0 aromatic rings. The molecule has 0 aromatic carbocycles. The molecule has 0 aromatic heterocycles. The Morgan fingerprint density at radius 1 is 1.21 bits per heavy atom. The lowest BCUT2D eigenvalue weighted by Gasteiger charge is -2.39. The lowest BCUT2D eigenvalue weighted by Crippen LogP contribution is -2.49. The zero-order valence-electron chi connectivity index (χ0n) is 11.4. The monoisotopic (exact) mass is 269 g/mol. The Morgan fingerprint density at radius 2 is 1.84 bits per heavy atom. The molecule has 108 valence electrons. The molecule has 1 amide bonds. The number of carbonyl (C=O) groups excluding carboxylic acids is 1. The molecule has 0 aliphatic heterocycles. The molecular weight excluding hydrogens is 246 g/mol. The van der Waals surface area contributed by atoms with E-state index in [1.54, 1.807) is 4.90 Å². The number of carboxylic acid groups (broad SMARTS) is 1. The molecule has 0 radical (unpaired) electrons. The first-order valence-electron chi connectivity index (χ1n) is 7.18. The van der Waals surface area contributed by atoms with Crippen LogP contribution in [0.2, 0.25) is 0 Å². The summed E-state index contributed by atoms with van der Waals surface area (Å²) in [6.07, 6.45) is 4.31. The van der Waals surface area contributed by atoms with Gasteiger partial charge < -0.3 is 15.1 Å². The van der Waals surface area contributed by atoms with E-state index in [-0.39, 0.29) is 24.5 Å². The van der Waals surface area contributed by atoms with Gasteiger partial charge in [0.1, 0.15) is 0 Å². The van der Waals surface area contributed by atoms with Crippen LogP contribution in [0, 0.1) is 17.8 Å². The van der Waals surface area contributed by atoms with Gasteiger partial charge in [-0.25, -0.2) is 0 Å². The summed E-state index contributed by atoms with van der Waals surface area (Å²) in [5.74, 6) is -1.59. The minimum absolute atomic E-state index is 0.0533. The van der Waals surface area contributed by atoms with Gasteiger partial charge in [-0.2, -0.15) is 0 Å². The van der Waals surface area contributed by atoms with Crippen molar-refractivity contribution >= 4 is 11.9 Å². The molecule has 2 aliphatic carbocycles. The van der Waals surface area contributed by atoms with Gasteiger partial charge in [0, 0.05) is 12.6 Å². The normalized spacial score (nSPS) is 30.9. The highest BCUT2D eigenvalue weighted by molar-refractivity contribution is 5.85. The van der Waals surface area contributed by atoms with Crippen LogP contribution in [0.1, 0.15) is 39.0 Å². The van der Waals surface area contributed by atoms with E-state index in [2.05, 4.69) is 0 Å². The zero-order valence-corrected chi connectivity index (χ0v) is 11.4. The van der Waals surface area contributed by atoms with Gasteiger partial charge in [-0.05, 0) is 38.0 Å². The SMILES string of the molecule is CC1C[C@H](C(=O)N(CCO)C2CCC2)[C@H](C(=O)O)C1. The van der Waals surface area contributed by atoms with Gasteiger partial charge in [-0.15, -0.1) is 0 Å². The van der Waals surface area contributed by atoms with Crippen molar-refractivity contribution in [1.82, 2.24) is 4.90 Å². The van der Waals surface area contributed by atoms with Gasteiger partial charge in [0.25, 0.3) is 0 Å². The number of rotatable bonds is 5. The van der Waals surface area contributed by atoms with Crippen LogP contribution in [-0.4, -0.2) is 46.2 Å². The lowest BCUT2D eigenvalue weighted by atomic mass is 9.88. The van der Waals surface area contributed by atoms with Crippen LogP contribution < -0.4 is 0 Å². The van der Waals surface area contributed by atoms with Crippen molar-refractivity contribution in [3.05, 3.63) is 0 Å². The number of aliphatic hydroxyl groups is 1. The van der Waals surface area contributed by atoms with Gasteiger partial charge in [-0.1, -0.05) is 6.92 Å². The Balaban J connectivity index is 2.08. The second kappa shape index (κ2) is 5.90. The van der Waals surface area contributed by atoms with Gasteiger partial charge in [0.2, 0.25) is 5.91 Å². The topological polar surface area (TPSA) is 77.8 Å². The van der Waals surface area contributed by atoms with E-state index in [0.717, 1.165) is 19.3 Å². The highest BCUT2D eigenvalue weighted by Crippen LogP contribution is 2.39. The maximum absolute atomic E-state index is 12.6. The first-order valence-corrected chi connectivity index (χ1v) is 7.18. The van der Waals surface area contributed by atoms with E-state index in [4.69, 9.17) is 5.11 Å². The van der Waals surface area contributed by atoms with E-state index in [9.17, 15) is 14.7 Å². The minimum Gasteiger partial charge on any atom is -0.481 e. The number of aliphatic hydroxyl groups excluding tert-OH is 1. The maximum Gasteiger partial charge on any atom is 0.307 e. The Morgan fingerprint density at radius 3 is 2.32 bits per heavy atom. The van der Waals surface area contributed by atoms with Gasteiger partial charge in [0.15, 0.2) is 0 Å². The third-order valence-electron chi connectivity index (χ3n) is 4.57. The predicted octanol–water partition coefficient (Wildman–Crippen LogP) is 1.11. The van der Waals surface area contributed by atoms with Crippen molar-refractivity contribution in [3.63, 3.8) is 0 Å². The molecule has 2 aliphatic rings. The molecule has 2 rings (SSSR count). The number of hydrogen-bond donors (Lipinski definition) is 2. The molecule has 3 atom stereocenters. The predicted molar refractivity (Wildman–Crippen MR) is 69.5 cm³/mol. The summed E-state index contributed by atoms with van der Waals surface area (Å²) in [5, 5.41) is 18.4. The van der Waals surface area contributed by atoms with Crippen molar-refractivity contribution in [2.75, 3.05) is 13.2 Å². The van der Waals surface area contributed by atoms with Crippen LogP contribution in [0.3, 0.4) is 0 Å². The van der Waals surface area contributed by atoms with E-state index in [0.29, 0.717) is 19.4 Å². The third kappa shape index (κ3) is 2.91. The lowest BCUT2D eigenvalue weighted by molar-refractivity contribution is -0.151. The molecule has 2 fully saturated rings. The van der Waals surface area contributed by atoms with Gasteiger partial charge in [-0.3, -0.25) is 9.59 Å². The van der Waals surface area contributed by atoms with Crippen LogP contribution in [0.5, 0.6) is 0 Å². The molecule has 2 saturated carbocycles. The third-order valence-corrected chi connectivity index (χ3v) is 4.57. The first kappa shape index (κ1) is 14.3. The summed E-state index contributed by atoms with van der Waals surface area (Å²) in [6.45, 7) is 2.28. The molecule has 5 heteroatoms. The summed E-state index contributed by atoms with van der Waals surface area (Å²) >= 11 is 0. The number of nitrogens with zero attached hydrogens (tertiary/aromatic N) is 1. The minimum atomic E-state index is -0.861. The van der Waals surface area contributed by atoms with E-state index in [1.165, 1.54) is 0 Å². The van der Waals surface area contributed by atoms with E-state index in [1.807, 2.05) is 6.92 Å². The van der Waals surface area contributed by atoms with Crippen molar-refractivity contribution in [2.24, 2.45) is 17.8 Å². The maximum atomic E-state index is 12.6. The van der Waals surface area contributed by atoms with Crippen LogP contribution in [0.25, 0.3) is 0 Å². The second-order valence-corrected chi connectivity index (χ2v) is 5.97. The fourth-order valence-corrected chi connectivity index (χ4v) is 3.33. The molecule has 0 spiro atoms. The molecule has 0 bridgehead atoms. The van der Waals surface area contributed by atoms with Crippen molar-refractivity contribution in [1.29, 1.82) is 0 Å². The summed E-state index contributed by atoms with van der Waals surface area (Å²) in [6, 6.07) is 0.213. The number of amides is 1. The Kier molecular flexibility index (Phi) is 4.45. The van der Waals surface area contributed by atoms with Gasteiger partial charge in [0.05, 0.1) is 18.4 Å². The summed E-state index contributed by atoms with van der Waals surface area (Å²) in [4.78, 5) is 25.6. The summed E-state index contributed by atoms with van der Waals surface area (Å²) < 4.78 is 0.